The first-order chi connectivity index (χ1) is 16.9. The van der Waals surface area contributed by atoms with Crippen LogP contribution in [0.2, 0.25) is 0 Å². The molecule has 6 heteroatoms. The Morgan fingerprint density at radius 2 is 2.00 bits per heavy atom. The Labute approximate surface area is 205 Å². The highest BCUT2D eigenvalue weighted by Crippen LogP contribution is 2.49. The summed E-state index contributed by atoms with van der Waals surface area (Å²) >= 11 is 0. The van der Waals surface area contributed by atoms with Crippen LogP contribution in [0, 0.1) is 17.2 Å². The summed E-state index contributed by atoms with van der Waals surface area (Å²) < 4.78 is 14.8. The normalized spacial score (nSPS) is 25.3. The molecule has 2 aliphatic carbocycles. The zero-order valence-electron chi connectivity index (χ0n) is 20.3. The van der Waals surface area contributed by atoms with Crippen LogP contribution in [-0.2, 0) is 6.42 Å². The lowest BCUT2D eigenvalue weighted by atomic mass is 9.63. The molecule has 3 heterocycles. The summed E-state index contributed by atoms with van der Waals surface area (Å²) in [6.07, 6.45) is 12.6. The average molecular weight is 473 g/mol. The third-order valence-electron chi connectivity index (χ3n) is 8.63. The van der Waals surface area contributed by atoms with Crippen molar-refractivity contribution in [3.63, 3.8) is 0 Å². The van der Waals surface area contributed by atoms with E-state index in [1.165, 1.54) is 30.9 Å². The van der Waals surface area contributed by atoms with Crippen molar-refractivity contribution in [2.24, 2.45) is 17.1 Å². The van der Waals surface area contributed by atoms with E-state index in [4.69, 9.17) is 5.73 Å². The van der Waals surface area contributed by atoms with Crippen molar-refractivity contribution in [1.82, 2.24) is 9.97 Å². The number of ketones is 1. The number of anilines is 1. The van der Waals surface area contributed by atoms with Gasteiger partial charge in [-0.2, -0.15) is 0 Å². The van der Waals surface area contributed by atoms with Gasteiger partial charge in [0.2, 0.25) is 0 Å². The lowest BCUT2D eigenvalue weighted by Crippen LogP contribution is -2.59. The highest BCUT2D eigenvalue weighted by Gasteiger charge is 2.47. The first-order valence-corrected chi connectivity index (χ1v) is 13.0. The molecule has 1 aliphatic heterocycles. The number of hydrogen-bond acceptors (Lipinski definition) is 5. The van der Waals surface area contributed by atoms with E-state index in [0.29, 0.717) is 33.7 Å². The van der Waals surface area contributed by atoms with Gasteiger partial charge in [-0.1, -0.05) is 13.3 Å². The van der Waals surface area contributed by atoms with Crippen LogP contribution in [0.15, 0.2) is 42.9 Å². The van der Waals surface area contributed by atoms with Gasteiger partial charge in [-0.3, -0.25) is 14.8 Å². The summed E-state index contributed by atoms with van der Waals surface area (Å²) in [7, 11) is 0. The molecule has 3 atom stereocenters. The van der Waals surface area contributed by atoms with E-state index in [9.17, 15) is 9.18 Å². The first kappa shape index (κ1) is 22.6. The first-order valence-electron chi connectivity index (χ1n) is 13.0. The van der Waals surface area contributed by atoms with Crippen molar-refractivity contribution >= 4 is 22.4 Å². The second-order valence-electron chi connectivity index (χ2n) is 11.3. The number of halogens is 1. The molecule has 3 fully saturated rings. The van der Waals surface area contributed by atoms with E-state index in [1.807, 2.05) is 12.1 Å². The monoisotopic (exact) mass is 472 g/mol. The Morgan fingerprint density at radius 3 is 2.74 bits per heavy atom. The molecule has 1 aromatic carbocycles. The van der Waals surface area contributed by atoms with E-state index < -0.39 is 0 Å². The molecule has 5 nitrogen and oxygen atoms in total. The fourth-order valence-electron chi connectivity index (χ4n) is 6.68. The van der Waals surface area contributed by atoms with Gasteiger partial charge in [-0.25, -0.2) is 4.39 Å². The molecule has 3 aromatic rings. The Balaban J connectivity index is 1.27. The molecule has 2 aromatic heterocycles. The SMILES string of the molecule is C[C@@H]1C[C@H](N)C[C@H](c2ccncc2CC(=O)c2ccc(F)c3cc(N4CC5(CCC5)C4)cnc23)C1. The predicted octanol–water partition coefficient (Wildman–Crippen LogP) is 5.42. The van der Waals surface area contributed by atoms with Crippen molar-refractivity contribution in [3.8, 4) is 0 Å². The van der Waals surface area contributed by atoms with E-state index in [1.54, 1.807) is 24.7 Å². The van der Waals surface area contributed by atoms with Crippen LogP contribution in [0.5, 0.6) is 0 Å². The Kier molecular flexibility index (Phi) is 5.59. The van der Waals surface area contributed by atoms with Crippen LogP contribution in [0.3, 0.4) is 0 Å². The zero-order chi connectivity index (χ0) is 24.2. The molecule has 182 valence electrons. The van der Waals surface area contributed by atoms with Gasteiger partial charge in [-0.05, 0) is 79.3 Å². The minimum absolute atomic E-state index is 0.0602. The number of Topliss-reactive ketones (excluding diaryl/α,β-unsaturated/α-hetero) is 1. The second kappa shape index (κ2) is 8.66. The number of rotatable bonds is 5. The van der Waals surface area contributed by atoms with Gasteiger partial charge in [0.15, 0.2) is 5.78 Å². The largest absolute Gasteiger partial charge is 0.369 e. The van der Waals surface area contributed by atoms with Crippen LogP contribution >= 0.6 is 0 Å². The molecule has 1 saturated heterocycles. The number of nitrogens with two attached hydrogens (primary N) is 1. The maximum atomic E-state index is 14.8. The van der Waals surface area contributed by atoms with Crippen LogP contribution in [0.25, 0.3) is 10.9 Å². The maximum absolute atomic E-state index is 14.8. The van der Waals surface area contributed by atoms with Gasteiger partial charge in [0.05, 0.1) is 17.4 Å². The fraction of sp³-hybridized carbons (Fsp3) is 0.483. The van der Waals surface area contributed by atoms with E-state index in [0.717, 1.165) is 43.6 Å². The molecule has 0 radical (unpaired) electrons. The number of carbonyl (C=O) groups excluding carboxylic acids is 1. The van der Waals surface area contributed by atoms with Crippen LogP contribution < -0.4 is 10.6 Å². The third-order valence-corrected chi connectivity index (χ3v) is 8.63. The maximum Gasteiger partial charge on any atom is 0.169 e. The Hall–Kier alpha value is -2.86. The number of pyridine rings is 2. The highest BCUT2D eigenvalue weighted by molar-refractivity contribution is 6.08. The molecular weight excluding hydrogens is 439 g/mol. The molecule has 0 amide bonds. The molecule has 6 rings (SSSR count). The zero-order valence-corrected chi connectivity index (χ0v) is 20.3. The predicted molar refractivity (Wildman–Crippen MR) is 136 cm³/mol. The van der Waals surface area contributed by atoms with Crippen molar-refractivity contribution in [2.45, 2.75) is 63.8 Å². The summed E-state index contributed by atoms with van der Waals surface area (Å²) in [6, 6.07) is 7.06. The second-order valence-corrected chi connectivity index (χ2v) is 11.3. The Morgan fingerprint density at radius 1 is 1.17 bits per heavy atom. The van der Waals surface area contributed by atoms with Crippen LogP contribution in [0.1, 0.15) is 72.9 Å². The molecule has 0 bridgehead atoms. The van der Waals surface area contributed by atoms with Gasteiger partial charge in [0, 0.05) is 54.3 Å². The lowest BCUT2D eigenvalue weighted by Gasteiger charge is -2.56. The molecular formula is C29H33FN4O. The molecule has 2 N–H and O–H groups in total. The highest BCUT2D eigenvalue weighted by atomic mass is 19.1. The van der Waals surface area contributed by atoms with Crippen LogP contribution in [0.4, 0.5) is 10.1 Å². The summed E-state index contributed by atoms with van der Waals surface area (Å²) in [5.74, 6) is 0.498. The molecule has 2 saturated carbocycles. The minimum Gasteiger partial charge on any atom is -0.369 e. The molecule has 3 aliphatic rings. The van der Waals surface area contributed by atoms with Crippen LogP contribution in [-0.4, -0.2) is 34.9 Å². The van der Waals surface area contributed by atoms with Crippen molar-refractivity contribution in [3.05, 3.63) is 65.4 Å². The number of benzene rings is 1. The summed E-state index contributed by atoms with van der Waals surface area (Å²) in [5, 5.41) is 0.418. The smallest absolute Gasteiger partial charge is 0.169 e. The topological polar surface area (TPSA) is 72.1 Å². The van der Waals surface area contributed by atoms with E-state index >= 15 is 0 Å². The summed E-state index contributed by atoms with van der Waals surface area (Å²) in [5.41, 5.74) is 10.7. The van der Waals surface area contributed by atoms with Gasteiger partial charge >= 0.3 is 0 Å². The quantitative estimate of drug-likeness (QED) is 0.502. The summed E-state index contributed by atoms with van der Waals surface area (Å²) in [4.78, 5) is 24.7. The average Bonchev–Trinajstić information content (AvgIpc) is 2.77. The summed E-state index contributed by atoms with van der Waals surface area (Å²) in [6.45, 7) is 4.29. The number of carbonyl (C=O) groups is 1. The van der Waals surface area contributed by atoms with Crippen molar-refractivity contribution in [2.75, 3.05) is 18.0 Å². The van der Waals surface area contributed by atoms with Crippen molar-refractivity contribution < 1.29 is 9.18 Å². The standard InChI is InChI=1S/C29H33FN4O/c1-18-9-19(11-21(31)10-18)23-5-8-32-14-20(23)12-27(35)24-3-4-26(30)25-13-22(15-33-28(24)25)34-16-29(17-34)6-2-7-29/h3-5,8,13-15,18-19,21H,2,6-7,9-12,16-17,31H2,1H3/t18-,19+,21-/m0/s1. The molecule has 35 heavy (non-hydrogen) atoms. The Bertz CT molecular complexity index is 1270. The van der Waals surface area contributed by atoms with Gasteiger partial charge in [-0.15, -0.1) is 0 Å². The lowest BCUT2D eigenvalue weighted by molar-refractivity contribution is 0.0904. The molecule has 1 spiro atoms. The van der Waals surface area contributed by atoms with Gasteiger partial charge < -0.3 is 10.6 Å². The van der Waals surface area contributed by atoms with Crippen molar-refractivity contribution in [1.29, 1.82) is 0 Å². The third kappa shape index (κ3) is 4.12. The van der Waals surface area contributed by atoms with E-state index in [2.05, 4.69) is 21.8 Å². The van der Waals surface area contributed by atoms with Gasteiger partial charge in [0.1, 0.15) is 5.82 Å². The van der Waals surface area contributed by atoms with E-state index in [-0.39, 0.29) is 24.1 Å². The number of aromatic nitrogens is 2. The number of nitrogens with zero attached hydrogens (tertiary/aromatic N) is 3. The molecule has 0 unspecified atom stereocenters. The minimum atomic E-state index is -0.336. The fourth-order valence-corrected chi connectivity index (χ4v) is 6.68. The number of hydrogen-bond donors (Lipinski definition) is 1. The number of fused-ring (bicyclic) bond motifs is 1. The van der Waals surface area contributed by atoms with Gasteiger partial charge in [0.25, 0.3) is 0 Å².